The fraction of sp³-hybridized carbons (Fsp3) is 0.471. The van der Waals surface area contributed by atoms with Crippen LogP contribution in [-0.2, 0) is 13.0 Å². The molecule has 0 aliphatic carbocycles. The maximum absolute atomic E-state index is 10.3. The van der Waals surface area contributed by atoms with Crippen LogP contribution in [0.4, 0.5) is 0 Å². The Morgan fingerprint density at radius 1 is 1.32 bits per heavy atom. The first-order chi connectivity index (χ1) is 10.5. The van der Waals surface area contributed by atoms with Crippen LogP contribution in [0.1, 0.15) is 22.5 Å². The van der Waals surface area contributed by atoms with Gasteiger partial charge < -0.3 is 5.11 Å². The van der Waals surface area contributed by atoms with Crippen LogP contribution in [0.25, 0.3) is 0 Å². The first-order valence-electron chi connectivity index (χ1n) is 7.67. The van der Waals surface area contributed by atoms with Crippen LogP contribution < -0.4 is 0 Å². The van der Waals surface area contributed by atoms with Crippen LogP contribution in [0.2, 0.25) is 5.02 Å². The van der Waals surface area contributed by atoms with E-state index in [1.807, 2.05) is 26.0 Å². The topological polar surface area (TPSA) is 52.2 Å². The summed E-state index contributed by atoms with van der Waals surface area (Å²) in [6.07, 6.45) is 0.505. The second kappa shape index (κ2) is 6.41. The molecule has 0 unspecified atom stereocenters. The van der Waals surface area contributed by atoms with Gasteiger partial charge in [-0.1, -0.05) is 23.7 Å². The molecule has 2 N–H and O–H groups in total. The first kappa shape index (κ1) is 15.5. The number of rotatable bonds is 4. The summed E-state index contributed by atoms with van der Waals surface area (Å²) in [5, 5.41) is 18.3. The summed E-state index contributed by atoms with van der Waals surface area (Å²) < 4.78 is 0. The molecule has 0 saturated carbocycles. The molecule has 4 nitrogen and oxygen atoms in total. The van der Waals surface area contributed by atoms with Gasteiger partial charge in [0.25, 0.3) is 0 Å². The minimum absolute atomic E-state index is 0.229. The standard InChI is InChI=1S/C17H22ClN3O/c1-11-3-4-13(16(18)5-11)8-21-9-14(17(22)10-21)7-15-6-12(2)19-20-15/h3-6,14,17,22H,7-10H2,1-2H3,(H,19,20)/t14-,17-/m1/s1. The number of aromatic nitrogens is 2. The molecule has 0 amide bonds. The van der Waals surface area contributed by atoms with Gasteiger partial charge in [0.2, 0.25) is 0 Å². The van der Waals surface area contributed by atoms with Crippen molar-refractivity contribution in [3.63, 3.8) is 0 Å². The van der Waals surface area contributed by atoms with Crippen molar-refractivity contribution in [2.75, 3.05) is 13.1 Å². The molecular weight excluding hydrogens is 298 g/mol. The van der Waals surface area contributed by atoms with E-state index < -0.39 is 0 Å². The van der Waals surface area contributed by atoms with Crippen molar-refractivity contribution in [3.8, 4) is 0 Å². The monoisotopic (exact) mass is 319 g/mol. The van der Waals surface area contributed by atoms with Crippen LogP contribution in [0.3, 0.4) is 0 Å². The number of nitrogens with one attached hydrogen (secondary N) is 1. The highest BCUT2D eigenvalue weighted by molar-refractivity contribution is 6.31. The summed E-state index contributed by atoms with van der Waals surface area (Å²) in [6, 6.07) is 8.20. The van der Waals surface area contributed by atoms with E-state index in [9.17, 15) is 5.11 Å². The minimum atomic E-state index is -0.304. The Balaban J connectivity index is 1.62. The second-order valence-electron chi connectivity index (χ2n) is 6.36. The molecule has 3 rings (SSSR count). The van der Waals surface area contributed by atoms with Gasteiger partial charge in [0.1, 0.15) is 0 Å². The Hall–Kier alpha value is -1.36. The highest BCUT2D eigenvalue weighted by Crippen LogP contribution is 2.25. The third-order valence-corrected chi connectivity index (χ3v) is 4.67. The van der Waals surface area contributed by atoms with Gasteiger partial charge in [0.15, 0.2) is 0 Å². The lowest BCUT2D eigenvalue weighted by Gasteiger charge is -2.16. The zero-order chi connectivity index (χ0) is 15.7. The number of likely N-dealkylation sites (tertiary alicyclic amines) is 1. The number of aryl methyl sites for hydroxylation is 2. The Morgan fingerprint density at radius 2 is 2.14 bits per heavy atom. The molecule has 2 aromatic rings. The van der Waals surface area contributed by atoms with Gasteiger partial charge >= 0.3 is 0 Å². The average Bonchev–Trinajstić information content (AvgIpc) is 3.00. The quantitative estimate of drug-likeness (QED) is 0.911. The lowest BCUT2D eigenvalue weighted by atomic mass is 10.0. The molecule has 1 aromatic heterocycles. The third-order valence-electron chi connectivity index (χ3n) is 4.31. The van der Waals surface area contributed by atoms with Gasteiger partial charge in [-0.3, -0.25) is 10.00 Å². The minimum Gasteiger partial charge on any atom is -0.391 e. The molecule has 0 radical (unpaired) electrons. The summed E-state index contributed by atoms with van der Waals surface area (Å²) in [7, 11) is 0. The molecule has 118 valence electrons. The Labute approximate surface area is 136 Å². The molecule has 1 fully saturated rings. The van der Waals surface area contributed by atoms with Crippen molar-refractivity contribution in [1.82, 2.24) is 15.1 Å². The van der Waals surface area contributed by atoms with Crippen molar-refractivity contribution >= 4 is 11.6 Å². The summed E-state index contributed by atoms with van der Waals surface area (Å²) in [6.45, 7) is 6.38. The molecule has 1 aliphatic rings. The molecule has 1 saturated heterocycles. The van der Waals surface area contributed by atoms with E-state index in [0.717, 1.165) is 41.5 Å². The number of hydrogen-bond acceptors (Lipinski definition) is 3. The van der Waals surface area contributed by atoms with E-state index in [1.165, 1.54) is 5.56 Å². The molecule has 5 heteroatoms. The Bertz CT molecular complexity index is 655. The smallest absolute Gasteiger partial charge is 0.0711 e. The second-order valence-corrected chi connectivity index (χ2v) is 6.77. The molecule has 2 atom stereocenters. The number of halogens is 1. The number of H-pyrrole nitrogens is 1. The van der Waals surface area contributed by atoms with Gasteiger partial charge in [-0.25, -0.2) is 0 Å². The first-order valence-corrected chi connectivity index (χ1v) is 8.05. The lowest BCUT2D eigenvalue weighted by molar-refractivity contribution is 0.140. The van der Waals surface area contributed by atoms with Crippen molar-refractivity contribution in [1.29, 1.82) is 0 Å². The highest BCUT2D eigenvalue weighted by Gasteiger charge is 2.31. The van der Waals surface area contributed by atoms with Crippen LogP contribution in [-0.4, -0.2) is 39.4 Å². The highest BCUT2D eigenvalue weighted by atomic mass is 35.5. The van der Waals surface area contributed by atoms with E-state index in [0.29, 0.717) is 6.54 Å². The van der Waals surface area contributed by atoms with Crippen LogP contribution in [0, 0.1) is 19.8 Å². The molecule has 2 heterocycles. The summed E-state index contributed by atoms with van der Waals surface area (Å²) >= 11 is 6.31. The predicted molar refractivity (Wildman–Crippen MR) is 88.0 cm³/mol. The number of aromatic amines is 1. The predicted octanol–water partition coefficient (Wildman–Crippen LogP) is 2.72. The molecular formula is C17H22ClN3O. The fourth-order valence-electron chi connectivity index (χ4n) is 3.14. The number of β-amino-alcohol motifs (C(OH)–C–C–N with tert-alkyl or cyclic N) is 1. The number of hydrogen-bond donors (Lipinski definition) is 2. The van der Waals surface area contributed by atoms with Crippen LogP contribution >= 0.6 is 11.6 Å². The van der Waals surface area contributed by atoms with Crippen molar-refractivity contribution in [2.24, 2.45) is 5.92 Å². The zero-order valence-corrected chi connectivity index (χ0v) is 13.8. The number of aliphatic hydroxyl groups is 1. The molecule has 22 heavy (non-hydrogen) atoms. The van der Waals surface area contributed by atoms with Crippen molar-refractivity contribution < 1.29 is 5.11 Å². The number of nitrogens with zero attached hydrogens (tertiary/aromatic N) is 2. The van der Waals surface area contributed by atoms with E-state index >= 15 is 0 Å². The third kappa shape index (κ3) is 3.51. The van der Waals surface area contributed by atoms with Crippen LogP contribution in [0.15, 0.2) is 24.3 Å². The van der Waals surface area contributed by atoms with Crippen LogP contribution in [0.5, 0.6) is 0 Å². The number of aliphatic hydroxyl groups excluding tert-OH is 1. The van der Waals surface area contributed by atoms with E-state index in [2.05, 4.69) is 27.2 Å². The molecule has 0 spiro atoms. The number of benzene rings is 1. The SMILES string of the molecule is Cc1ccc(CN2C[C@@H](Cc3cc(C)[nH]n3)[C@H](O)C2)c(Cl)c1. The molecule has 1 aliphatic heterocycles. The maximum atomic E-state index is 10.3. The zero-order valence-electron chi connectivity index (χ0n) is 13.0. The normalized spacial score (nSPS) is 22.4. The van der Waals surface area contributed by atoms with Crippen molar-refractivity contribution in [3.05, 3.63) is 51.8 Å². The summed E-state index contributed by atoms with van der Waals surface area (Å²) in [5.74, 6) is 0.229. The maximum Gasteiger partial charge on any atom is 0.0711 e. The fourth-order valence-corrected chi connectivity index (χ4v) is 3.44. The van der Waals surface area contributed by atoms with E-state index in [1.54, 1.807) is 0 Å². The summed E-state index contributed by atoms with van der Waals surface area (Å²) in [4.78, 5) is 2.27. The van der Waals surface area contributed by atoms with Gasteiger partial charge in [0.05, 0.1) is 11.8 Å². The van der Waals surface area contributed by atoms with Crippen molar-refractivity contribution in [2.45, 2.75) is 32.9 Å². The average molecular weight is 320 g/mol. The molecule has 0 bridgehead atoms. The molecule has 1 aromatic carbocycles. The van der Waals surface area contributed by atoms with Gasteiger partial charge in [-0.05, 0) is 43.5 Å². The van der Waals surface area contributed by atoms with Gasteiger partial charge in [-0.2, -0.15) is 5.10 Å². The summed E-state index contributed by atoms with van der Waals surface area (Å²) in [5.41, 5.74) is 4.38. The van der Waals surface area contributed by atoms with E-state index in [-0.39, 0.29) is 12.0 Å². The van der Waals surface area contributed by atoms with Gasteiger partial charge in [-0.15, -0.1) is 0 Å². The van der Waals surface area contributed by atoms with Gasteiger partial charge in [0, 0.05) is 36.3 Å². The Morgan fingerprint density at radius 3 is 2.82 bits per heavy atom. The van der Waals surface area contributed by atoms with E-state index in [4.69, 9.17) is 11.6 Å². The lowest BCUT2D eigenvalue weighted by Crippen LogP contribution is -2.21. The Kier molecular flexibility index (Phi) is 4.52. The largest absolute Gasteiger partial charge is 0.391 e.